The van der Waals surface area contributed by atoms with Crippen molar-refractivity contribution in [1.29, 1.82) is 0 Å². The molecule has 1 aliphatic carbocycles. The lowest BCUT2D eigenvalue weighted by Gasteiger charge is -2.53. The van der Waals surface area contributed by atoms with Crippen LogP contribution in [0, 0.1) is 23.7 Å². The molecule has 0 aromatic heterocycles. The molecule has 0 spiro atoms. The van der Waals surface area contributed by atoms with Crippen molar-refractivity contribution in [3.05, 3.63) is 0 Å². The molecule has 72 valence electrons. The summed E-state index contributed by atoms with van der Waals surface area (Å²) in [5.74, 6) is 3.56. The Balaban J connectivity index is 2.17. The van der Waals surface area contributed by atoms with Crippen LogP contribution >= 0.6 is 0 Å². The molecule has 1 saturated carbocycles. The molecule has 0 amide bonds. The summed E-state index contributed by atoms with van der Waals surface area (Å²) in [5, 5.41) is 0. The van der Waals surface area contributed by atoms with Gasteiger partial charge in [0.1, 0.15) is 5.60 Å². The van der Waals surface area contributed by atoms with E-state index in [4.69, 9.17) is 11.2 Å². The van der Waals surface area contributed by atoms with Crippen LogP contribution in [0.1, 0.15) is 39.5 Å². The molecule has 3 aliphatic rings. The second kappa shape index (κ2) is 2.75. The molecule has 0 N–H and O–H groups in total. The van der Waals surface area contributed by atoms with Gasteiger partial charge in [0.2, 0.25) is 0 Å². The fraction of sp³-hybridized carbons (Fsp3) is 0.833. The number of ether oxygens (including phenoxy) is 1. The van der Waals surface area contributed by atoms with E-state index in [0.717, 1.165) is 25.4 Å². The molecule has 2 bridgehead atoms. The van der Waals surface area contributed by atoms with Crippen LogP contribution < -0.4 is 0 Å². The lowest BCUT2D eigenvalue weighted by molar-refractivity contribution is -0.168. The fourth-order valence-electron chi connectivity index (χ4n) is 2.65. The highest BCUT2D eigenvalue weighted by molar-refractivity contribution is 5.15. The summed E-state index contributed by atoms with van der Waals surface area (Å²) in [4.78, 5) is 0. The molecular weight excluding hydrogens is 160 g/mol. The molecule has 2 saturated heterocycles. The van der Waals surface area contributed by atoms with E-state index in [1.54, 1.807) is 0 Å². The molecule has 2 heterocycles. The smallest absolute Gasteiger partial charge is 0.128 e. The van der Waals surface area contributed by atoms with Crippen LogP contribution in [0.15, 0.2) is 0 Å². The zero-order valence-electron chi connectivity index (χ0n) is 8.60. The monoisotopic (exact) mass is 178 g/mol. The minimum absolute atomic E-state index is 0.184. The van der Waals surface area contributed by atoms with Crippen LogP contribution in [0.25, 0.3) is 0 Å². The number of hydrogen-bond donors (Lipinski definition) is 0. The molecule has 2 aliphatic heterocycles. The predicted octanol–water partition coefficient (Wildman–Crippen LogP) is 2.61. The summed E-state index contributed by atoms with van der Waals surface area (Å²) in [7, 11) is 0. The predicted molar refractivity (Wildman–Crippen MR) is 53.3 cm³/mol. The quantitative estimate of drug-likeness (QED) is 0.561. The molecule has 0 radical (unpaired) electrons. The van der Waals surface area contributed by atoms with Gasteiger partial charge in [-0.3, -0.25) is 0 Å². The lowest BCUT2D eigenvalue weighted by atomic mass is 9.61. The van der Waals surface area contributed by atoms with Gasteiger partial charge in [-0.2, -0.15) is 0 Å². The SMILES string of the molecule is C#CC12CCC(C(C)C)(CC1)CO2. The van der Waals surface area contributed by atoms with Crippen molar-refractivity contribution in [3.8, 4) is 12.3 Å². The number of terminal acetylenes is 1. The number of hydrogen-bond acceptors (Lipinski definition) is 1. The van der Waals surface area contributed by atoms with Gasteiger partial charge in [-0.1, -0.05) is 19.8 Å². The molecule has 0 atom stereocenters. The maximum absolute atomic E-state index is 5.84. The molecule has 0 aromatic rings. The Morgan fingerprint density at radius 3 is 2.15 bits per heavy atom. The van der Waals surface area contributed by atoms with Crippen molar-refractivity contribution in [3.63, 3.8) is 0 Å². The standard InChI is InChI=1S/C12H18O/c1-4-12-7-5-11(6-8-12,9-13-12)10(2)3/h1,10H,5-9H2,2-3H3. The van der Waals surface area contributed by atoms with E-state index in [1.165, 1.54) is 12.8 Å². The van der Waals surface area contributed by atoms with Gasteiger partial charge in [0.15, 0.2) is 0 Å². The largest absolute Gasteiger partial charge is 0.362 e. The molecule has 1 nitrogen and oxygen atoms in total. The van der Waals surface area contributed by atoms with Gasteiger partial charge >= 0.3 is 0 Å². The van der Waals surface area contributed by atoms with Gasteiger partial charge in [0, 0.05) is 0 Å². The van der Waals surface area contributed by atoms with Crippen molar-refractivity contribution in [2.24, 2.45) is 11.3 Å². The van der Waals surface area contributed by atoms with Crippen molar-refractivity contribution >= 4 is 0 Å². The Bertz CT molecular complexity index is 222. The molecular formula is C12H18O. The Morgan fingerprint density at radius 1 is 1.23 bits per heavy atom. The average Bonchev–Trinajstić information content (AvgIpc) is 2.20. The molecule has 0 aromatic carbocycles. The first kappa shape index (κ1) is 9.09. The van der Waals surface area contributed by atoms with Gasteiger partial charge in [-0.25, -0.2) is 0 Å². The average molecular weight is 178 g/mol. The van der Waals surface area contributed by atoms with Gasteiger partial charge in [0.05, 0.1) is 6.61 Å². The van der Waals surface area contributed by atoms with Crippen molar-refractivity contribution in [1.82, 2.24) is 0 Å². The third kappa shape index (κ3) is 1.20. The molecule has 3 rings (SSSR count). The fourth-order valence-corrected chi connectivity index (χ4v) is 2.65. The zero-order valence-corrected chi connectivity index (χ0v) is 8.60. The first-order valence-corrected chi connectivity index (χ1v) is 5.24. The Morgan fingerprint density at radius 2 is 1.85 bits per heavy atom. The minimum atomic E-state index is -0.184. The van der Waals surface area contributed by atoms with E-state index in [-0.39, 0.29) is 5.60 Å². The van der Waals surface area contributed by atoms with E-state index >= 15 is 0 Å². The van der Waals surface area contributed by atoms with Crippen molar-refractivity contribution in [2.45, 2.75) is 45.1 Å². The summed E-state index contributed by atoms with van der Waals surface area (Å²) in [6.45, 7) is 5.49. The number of rotatable bonds is 1. The third-order valence-corrected chi connectivity index (χ3v) is 4.18. The zero-order chi connectivity index (χ0) is 9.53. The Hall–Kier alpha value is -0.480. The molecule has 1 heteroatoms. The molecule has 13 heavy (non-hydrogen) atoms. The van der Waals surface area contributed by atoms with Gasteiger partial charge in [-0.05, 0) is 37.0 Å². The third-order valence-electron chi connectivity index (χ3n) is 4.18. The van der Waals surface area contributed by atoms with Crippen molar-refractivity contribution < 1.29 is 4.74 Å². The van der Waals surface area contributed by atoms with E-state index < -0.39 is 0 Å². The lowest BCUT2D eigenvalue weighted by Crippen LogP contribution is -2.52. The highest BCUT2D eigenvalue weighted by Gasteiger charge is 2.50. The molecule has 0 unspecified atom stereocenters. The van der Waals surface area contributed by atoms with Gasteiger partial charge in [-0.15, -0.1) is 6.42 Å². The van der Waals surface area contributed by atoms with E-state index in [2.05, 4.69) is 19.8 Å². The summed E-state index contributed by atoms with van der Waals surface area (Å²) in [5.41, 5.74) is 0.259. The second-order valence-electron chi connectivity index (χ2n) is 4.94. The van der Waals surface area contributed by atoms with Crippen LogP contribution in [-0.4, -0.2) is 12.2 Å². The van der Waals surface area contributed by atoms with Gasteiger partial charge < -0.3 is 4.74 Å². The summed E-state index contributed by atoms with van der Waals surface area (Å²) < 4.78 is 5.84. The first-order valence-electron chi connectivity index (χ1n) is 5.24. The normalized spacial score (nSPS) is 43.5. The van der Waals surface area contributed by atoms with Crippen LogP contribution in [0.4, 0.5) is 0 Å². The maximum Gasteiger partial charge on any atom is 0.128 e. The highest BCUT2D eigenvalue weighted by atomic mass is 16.5. The summed E-state index contributed by atoms with van der Waals surface area (Å²) in [6, 6.07) is 0. The summed E-state index contributed by atoms with van der Waals surface area (Å²) >= 11 is 0. The number of fused-ring (bicyclic) bond motifs is 3. The van der Waals surface area contributed by atoms with E-state index in [0.29, 0.717) is 5.41 Å². The maximum atomic E-state index is 5.84. The van der Waals surface area contributed by atoms with Crippen LogP contribution in [-0.2, 0) is 4.74 Å². The topological polar surface area (TPSA) is 9.23 Å². The van der Waals surface area contributed by atoms with Crippen LogP contribution in [0.5, 0.6) is 0 Å². The van der Waals surface area contributed by atoms with Gasteiger partial charge in [0.25, 0.3) is 0 Å². The second-order valence-corrected chi connectivity index (χ2v) is 4.94. The summed E-state index contributed by atoms with van der Waals surface area (Å²) in [6.07, 6.45) is 10.2. The van der Waals surface area contributed by atoms with E-state index in [9.17, 15) is 0 Å². The van der Waals surface area contributed by atoms with Crippen LogP contribution in [0.3, 0.4) is 0 Å². The minimum Gasteiger partial charge on any atom is -0.362 e. The highest BCUT2D eigenvalue weighted by Crippen LogP contribution is 2.52. The Kier molecular flexibility index (Phi) is 1.92. The van der Waals surface area contributed by atoms with E-state index in [1.807, 2.05) is 0 Å². The first-order chi connectivity index (χ1) is 6.13. The van der Waals surface area contributed by atoms with Crippen molar-refractivity contribution in [2.75, 3.05) is 6.61 Å². The van der Waals surface area contributed by atoms with Crippen LogP contribution in [0.2, 0.25) is 0 Å². The molecule has 3 fully saturated rings. The Labute approximate surface area is 80.9 Å².